The first kappa shape index (κ1) is 23.5. The van der Waals surface area contributed by atoms with Gasteiger partial charge in [0.15, 0.2) is 5.76 Å². The zero-order chi connectivity index (χ0) is 25.1. The Morgan fingerprint density at radius 1 is 0.917 bits per heavy atom. The summed E-state index contributed by atoms with van der Waals surface area (Å²) in [6, 6.07) is 21.0. The summed E-state index contributed by atoms with van der Waals surface area (Å²) in [6.45, 7) is 2.97. The van der Waals surface area contributed by atoms with Crippen LogP contribution in [-0.4, -0.2) is 40.8 Å². The number of aryl methyl sites for hydroxylation is 1. The number of nitrogens with one attached hydrogen (secondary N) is 1. The summed E-state index contributed by atoms with van der Waals surface area (Å²) in [5.41, 5.74) is 2.95. The predicted octanol–water partition coefficient (Wildman–Crippen LogP) is 5.49. The maximum Gasteiger partial charge on any atom is 0.254 e. The quantitative estimate of drug-likeness (QED) is 0.407. The van der Waals surface area contributed by atoms with E-state index in [2.05, 4.69) is 10.3 Å². The minimum absolute atomic E-state index is 0.00599. The highest BCUT2D eigenvalue weighted by Gasteiger charge is 2.27. The SMILES string of the molecule is Cc1ccccc1C(=O)NC1CCN(C(=O)c2ccccc2-c2ncc(-c3ccccc3F)o2)CC1. The molecule has 182 valence electrons. The van der Waals surface area contributed by atoms with Crippen molar-refractivity contribution in [3.05, 3.63) is 102 Å². The second kappa shape index (κ2) is 10.2. The van der Waals surface area contributed by atoms with Crippen LogP contribution in [0, 0.1) is 12.7 Å². The third-order valence-electron chi connectivity index (χ3n) is 6.54. The van der Waals surface area contributed by atoms with Crippen molar-refractivity contribution in [2.75, 3.05) is 13.1 Å². The molecule has 5 rings (SSSR count). The van der Waals surface area contributed by atoms with E-state index < -0.39 is 5.82 Å². The Hall–Kier alpha value is -4.26. The van der Waals surface area contributed by atoms with E-state index in [1.807, 2.05) is 37.3 Å². The fourth-order valence-corrected chi connectivity index (χ4v) is 4.53. The van der Waals surface area contributed by atoms with Crippen molar-refractivity contribution >= 4 is 11.8 Å². The van der Waals surface area contributed by atoms with Crippen molar-refractivity contribution in [3.63, 3.8) is 0 Å². The van der Waals surface area contributed by atoms with Gasteiger partial charge in [-0.25, -0.2) is 9.37 Å². The van der Waals surface area contributed by atoms with Crippen molar-refractivity contribution in [2.24, 2.45) is 0 Å². The summed E-state index contributed by atoms with van der Waals surface area (Å²) in [5, 5.41) is 3.10. The lowest BCUT2D eigenvalue weighted by Crippen LogP contribution is -2.46. The molecule has 6 nitrogen and oxygen atoms in total. The lowest BCUT2D eigenvalue weighted by molar-refractivity contribution is 0.0698. The fraction of sp³-hybridized carbons (Fsp3) is 0.207. The number of carbonyl (C=O) groups excluding carboxylic acids is 2. The van der Waals surface area contributed by atoms with Crippen LogP contribution in [0.5, 0.6) is 0 Å². The molecule has 0 saturated carbocycles. The number of halogens is 1. The van der Waals surface area contributed by atoms with E-state index in [0.29, 0.717) is 53.9 Å². The van der Waals surface area contributed by atoms with E-state index in [1.54, 1.807) is 41.3 Å². The number of piperidine rings is 1. The number of benzene rings is 3. The molecule has 3 aromatic carbocycles. The van der Waals surface area contributed by atoms with Crippen LogP contribution in [0.3, 0.4) is 0 Å². The Labute approximate surface area is 208 Å². The highest BCUT2D eigenvalue weighted by Crippen LogP contribution is 2.30. The van der Waals surface area contributed by atoms with E-state index >= 15 is 0 Å². The van der Waals surface area contributed by atoms with Crippen molar-refractivity contribution in [1.29, 1.82) is 0 Å². The summed E-state index contributed by atoms with van der Waals surface area (Å²) >= 11 is 0. The van der Waals surface area contributed by atoms with Gasteiger partial charge in [0.25, 0.3) is 11.8 Å². The molecule has 0 atom stereocenters. The molecule has 7 heteroatoms. The zero-order valence-corrected chi connectivity index (χ0v) is 19.9. The average molecular weight is 484 g/mol. The predicted molar refractivity (Wildman–Crippen MR) is 135 cm³/mol. The van der Waals surface area contributed by atoms with Gasteiger partial charge in [0.2, 0.25) is 5.89 Å². The van der Waals surface area contributed by atoms with Gasteiger partial charge >= 0.3 is 0 Å². The molecule has 1 saturated heterocycles. The second-order valence-electron chi connectivity index (χ2n) is 8.91. The first-order valence-corrected chi connectivity index (χ1v) is 12.0. The third kappa shape index (κ3) is 4.77. The lowest BCUT2D eigenvalue weighted by Gasteiger charge is -2.32. The molecule has 2 amide bonds. The van der Waals surface area contributed by atoms with E-state index in [9.17, 15) is 14.0 Å². The molecule has 0 aliphatic carbocycles. The number of rotatable bonds is 5. The second-order valence-corrected chi connectivity index (χ2v) is 8.91. The molecule has 0 unspecified atom stereocenters. The molecule has 4 aromatic rings. The van der Waals surface area contributed by atoms with E-state index in [0.717, 1.165) is 5.56 Å². The van der Waals surface area contributed by atoms with Crippen molar-refractivity contribution < 1.29 is 18.4 Å². The van der Waals surface area contributed by atoms with Gasteiger partial charge in [-0.1, -0.05) is 42.5 Å². The zero-order valence-electron chi connectivity index (χ0n) is 19.9. The number of hydrogen-bond donors (Lipinski definition) is 1. The number of amides is 2. The summed E-state index contributed by atoms with van der Waals surface area (Å²) in [5.74, 6) is -0.0483. The van der Waals surface area contributed by atoms with Crippen LogP contribution in [0.2, 0.25) is 0 Å². The van der Waals surface area contributed by atoms with Gasteiger partial charge in [0, 0.05) is 30.3 Å². The normalized spacial score (nSPS) is 14.0. The van der Waals surface area contributed by atoms with Crippen LogP contribution in [0.15, 0.2) is 83.4 Å². The summed E-state index contributed by atoms with van der Waals surface area (Å²) in [7, 11) is 0. The minimum Gasteiger partial charge on any atom is -0.436 e. The Bertz CT molecular complexity index is 1410. The van der Waals surface area contributed by atoms with Crippen LogP contribution < -0.4 is 5.32 Å². The van der Waals surface area contributed by atoms with Crippen LogP contribution >= 0.6 is 0 Å². The van der Waals surface area contributed by atoms with Crippen LogP contribution in [-0.2, 0) is 0 Å². The number of carbonyl (C=O) groups is 2. The van der Waals surface area contributed by atoms with Crippen LogP contribution in [0.4, 0.5) is 4.39 Å². The molecule has 1 N–H and O–H groups in total. The van der Waals surface area contributed by atoms with Crippen LogP contribution in [0.25, 0.3) is 22.8 Å². The molecule has 2 heterocycles. The number of nitrogens with zero attached hydrogens (tertiary/aromatic N) is 2. The van der Waals surface area contributed by atoms with Gasteiger partial charge in [-0.2, -0.15) is 0 Å². The highest BCUT2D eigenvalue weighted by molar-refractivity contribution is 6.00. The molecule has 1 fully saturated rings. The van der Waals surface area contributed by atoms with E-state index in [1.165, 1.54) is 12.3 Å². The molecular weight excluding hydrogens is 457 g/mol. The summed E-state index contributed by atoms with van der Waals surface area (Å²) < 4.78 is 20.0. The van der Waals surface area contributed by atoms with Gasteiger partial charge in [0.1, 0.15) is 5.82 Å². The molecule has 0 bridgehead atoms. The molecule has 1 aliphatic rings. The topological polar surface area (TPSA) is 75.4 Å². The number of likely N-dealkylation sites (tertiary alicyclic amines) is 1. The summed E-state index contributed by atoms with van der Waals surface area (Å²) in [6.07, 6.45) is 2.81. The smallest absolute Gasteiger partial charge is 0.254 e. The van der Waals surface area contributed by atoms with Crippen LogP contribution in [0.1, 0.15) is 39.1 Å². The molecule has 36 heavy (non-hydrogen) atoms. The van der Waals surface area contributed by atoms with Gasteiger partial charge in [-0.05, 0) is 55.7 Å². The Morgan fingerprint density at radius 2 is 1.56 bits per heavy atom. The van der Waals surface area contributed by atoms with Gasteiger partial charge in [0.05, 0.1) is 17.3 Å². The molecule has 1 aromatic heterocycles. The maximum absolute atomic E-state index is 14.2. The standard InChI is InChI=1S/C29H26FN3O3/c1-19-8-2-3-9-21(19)27(34)32-20-14-16-33(17-15-20)29(35)23-11-5-4-10-22(23)28-31-18-26(36-28)24-12-6-7-13-25(24)30/h2-13,18,20H,14-17H2,1H3,(H,32,34). The largest absolute Gasteiger partial charge is 0.436 e. The van der Waals surface area contributed by atoms with E-state index in [-0.39, 0.29) is 23.7 Å². The van der Waals surface area contributed by atoms with Crippen molar-refractivity contribution in [2.45, 2.75) is 25.8 Å². The highest BCUT2D eigenvalue weighted by atomic mass is 19.1. The molecular formula is C29H26FN3O3. The van der Waals surface area contributed by atoms with E-state index in [4.69, 9.17) is 4.42 Å². The minimum atomic E-state index is -0.401. The molecule has 0 spiro atoms. The first-order chi connectivity index (χ1) is 17.5. The van der Waals surface area contributed by atoms with Crippen molar-refractivity contribution in [1.82, 2.24) is 15.2 Å². The van der Waals surface area contributed by atoms with Crippen molar-refractivity contribution in [3.8, 4) is 22.8 Å². The average Bonchev–Trinajstić information content (AvgIpc) is 3.39. The fourth-order valence-electron chi connectivity index (χ4n) is 4.53. The van der Waals surface area contributed by atoms with Gasteiger partial charge in [-0.15, -0.1) is 0 Å². The molecule has 0 radical (unpaired) electrons. The summed E-state index contributed by atoms with van der Waals surface area (Å²) in [4.78, 5) is 32.2. The number of hydrogen-bond acceptors (Lipinski definition) is 4. The van der Waals surface area contributed by atoms with Gasteiger partial charge < -0.3 is 14.6 Å². The maximum atomic E-state index is 14.2. The monoisotopic (exact) mass is 483 g/mol. The first-order valence-electron chi connectivity index (χ1n) is 12.0. The molecule has 1 aliphatic heterocycles. The Morgan fingerprint density at radius 3 is 2.28 bits per heavy atom. The Balaban J connectivity index is 1.28. The third-order valence-corrected chi connectivity index (χ3v) is 6.54. The van der Waals surface area contributed by atoms with Gasteiger partial charge in [-0.3, -0.25) is 9.59 Å². The number of oxazole rings is 1. The number of aromatic nitrogens is 1. The lowest BCUT2D eigenvalue weighted by atomic mass is 10.0. The Kier molecular flexibility index (Phi) is 6.62.